The minimum Gasteiger partial charge on any atom is -0.399 e. The Labute approximate surface area is 112 Å². The van der Waals surface area contributed by atoms with Crippen LogP contribution in [0.25, 0.3) is 0 Å². The van der Waals surface area contributed by atoms with Crippen LogP contribution >= 0.6 is 11.8 Å². The van der Waals surface area contributed by atoms with E-state index in [0.717, 1.165) is 9.79 Å². The average molecular weight is 281 g/mol. The quantitative estimate of drug-likeness (QED) is 0.666. The molecule has 0 aromatic heterocycles. The molecule has 0 aliphatic heterocycles. The molecule has 0 heterocycles. The molecule has 2 rings (SSSR count). The van der Waals surface area contributed by atoms with E-state index in [-0.39, 0.29) is 0 Å². The fraction of sp³-hybridized carbons (Fsp3) is 0. The Hall–Kier alpha value is -1.50. The van der Waals surface area contributed by atoms with Gasteiger partial charge < -0.3 is 9.92 Å². The van der Waals surface area contributed by atoms with Crippen molar-refractivity contribution in [3.05, 3.63) is 48.5 Å². The van der Waals surface area contributed by atoms with Gasteiger partial charge in [-0.3, -0.25) is 4.55 Å². The first kappa shape index (κ1) is 12.9. The van der Waals surface area contributed by atoms with E-state index < -0.39 is 11.4 Å². The van der Waals surface area contributed by atoms with E-state index in [4.69, 9.17) is 14.5 Å². The monoisotopic (exact) mass is 281 g/mol. The number of nitrogens with two attached hydrogens (primary N) is 1. The van der Waals surface area contributed by atoms with Gasteiger partial charge in [0.2, 0.25) is 0 Å². The van der Waals surface area contributed by atoms with E-state index >= 15 is 0 Å². The second kappa shape index (κ2) is 5.90. The molecule has 0 amide bonds. The number of benzene rings is 2. The summed E-state index contributed by atoms with van der Waals surface area (Å²) < 4.78 is 24.3. The molecule has 0 fully saturated rings. The number of hydrogen-bond donors (Lipinski definition) is 2. The molecule has 0 aliphatic rings. The maximum Gasteiger partial charge on any atom is 0.357 e. The number of rotatable bonds is 4. The summed E-state index contributed by atoms with van der Waals surface area (Å²) in [5, 5.41) is 0. The zero-order valence-corrected chi connectivity index (χ0v) is 10.9. The molecule has 0 bridgehead atoms. The molecule has 1 unspecified atom stereocenters. The summed E-state index contributed by atoms with van der Waals surface area (Å²) >= 11 is -0.923. The van der Waals surface area contributed by atoms with Crippen molar-refractivity contribution in [1.82, 2.24) is 0 Å². The summed E-state index contributed by atoms with van der Waals surface area (Å²) in [6, 6.07) is 14.7. The number of hydrogen-bond acceptors (Lipinski definition) is 4. The fourth-order valence-corrected chi connectivity index (χ4v) is 2.60. The molecule has 2 aromatic rings. The standard InChI is InChI=1S/C12H11NO3S2/c13-9-6-7-12(11(8-9)16-18(14)15)17-10-4-2-1-3-5-10/h1-8H,13H2,(H,14,15). The van der Waals surface area contributed by atoms with Crippen LogP contribution < -0.4 is 9.92 Å². The molecule has 0 radical (unpaired) electrons. The van der Waals surface area contributed by atoms with E-state index in [2.05, 4.69) is 0 Å². The largest absolute Gasteiger partial charge is 0.399 e. The van der Waals surface area contributed by atoms with Gasteiger partial charge in [-0.25, -0.2) is 0 Å². The predicted molar refractivity (Wildman–Crippen MR) is 72.8 cm³/mol. The van der Waals surface area contributed by atoms with Crippen molar-refractivity contribution in [3.63, 3.8) is 0 Å². The number of anilines is 1. The Morgan fingerprint density at radius 3 is 2.56 bits per heavy atom. The molecule has 6 heteroatoms. The molecule has 0 aliphatic carbocycles. The minimum absolute atomic E-state index is 0.296. The summed E-state index contributed by atoms with van der Waals surface area (Å²) in [7, 11) is 0. The first-order chi connectivity index (χ1) is 8.65. The lowest BCUT2D eigenvalue weighted by Crippen LogP contribution is -1.99. The lowest BCUT2D eigenvalue weighted by molar-refractivity contribution is 0.453. The van der Waals surface area contributed by atoms with Crippen molar-refractivity contribution in [3.8, 4) is 5.75 Å². The molecule has 4 nitrogen and oxygen atoms in total. The van der Waals surface area contributed by atoms with Crippen molar-refractivity contribution in [2.45, 2.75) is 9.79 Å². The molecule has 18 heavy (non-hydrogen) atoms. The smallest absolute Gasteiger partial charge is 0.357 e. The van der Waals surface area contributed by atoms with Crippen LogP contribution in [0.4, 0.5) is 5.69 Å². The second-order valence-electron chi connectivity index (χ2n) is 3.42. The van der Waals surface area contributed by atoms with Gasteiger partial charge in [0, 0.05) is 16.6 Å². The molecule has 0 spiro atoms. The summed E-state index contributed by atoms with van der Waals surface area (Å²) in [5.74, 6) is 0.296. The normalized spacial score (nSPS) is 12.1. The van der Waals surface area contributed by atoms with Gasteiger partial charge in [0.25, 0.3) is 0 Å². The van der Waals surface area contributed by atoms with Crippen molar-refractivity contribution in [1.29, 1.82) is 0 Å². The first-order valence-corrected chi connectivity index (χ1v) is 6.91. The van der Waals surface area contributed by atoms with Crippen LogP contribution in [-0.2, 0) is 11.4 Å². The van der Waals surface area contributed by atoms with Crippen LogP contribution in [0.2, 0.25) is 0 Å². The molecule has 0 saturated carbocycles. The first-order valence-electron chi connectivity index (χ1n) is 5.07. The van der Waals surface area contributed by atoms with Crippen molar-refractivity contribution < 1.29 is 12.9 Å². The molecular formula is C12H11NO3S2. The molecular weight excluding hydrogens is 270 g/mol. The van der Waals surface area contributed by atoms with Crippen molar-refractivity contribution >= 4 is 28.8 Å². The average Bonchev–Trinajstić information content (AvgIpc) is 2.33. The fourth-order valence-electron chi connectivity index (χ4n) is 1.37. The molecule has 3 N–H and O–H groups in total. The molecule has 94 valence electrons. The third-order valence-corrected chi connectivity index (χ3v) is 3.49. The highest BCUT2D eigenvalue weighted by molar-refractivity contribution is 7.99. The molecule has 1 atom stereocenters. The van der Waals surface area contributed by atoms with Crippen LogP contribution in [0.1, 0.15) is 0 Å². The Kier molecular flexibility index (Phi) is 4.24. The third kappa shape index (κ3) is 3.49. The van der Waals surface area contributed by atoms with Gasteiger partial charge in [0.1, 0.15) is 0 Å². The van der Waals surface area contributed by atoms with Gasteiger partial charge in [-0.1, -0.05) is 30.0 Å². The summed E-state index contributed by atoms with van der Waals surface area (Å²) in [6.45, 7) is 0. The minimum atomic E-state index is -2.36. The van der Waals surface area contributed by atoms with E-state index in [1.54, 1.807) is 12.1 Å². The third-order valence-electron chi connectivity index (χ3n) is 2.10. The van der Waals surface area contributed by atoms with E-state index in [1.165, 1.54) is 17.8 Å². The maximum absolute atomic E-state index is 10.7. The second-order valence-corrected chi connectivity index (χ2v) is 5.14. The Bertz CT molecular complexity index is 561. The van der Waals surface area contributed by atoms with Gasteiger partial charge in [-0.15, -0.1) is 0 Å². The molecule has 2 aromatic carbocycles. The highest BCUT2D eigenvalue weighted by atomic mass is 32.2. The van der Waals surface area contributed by atoms with Crippen LogP contribution in [0.3, 0.4) is 0 Å². The van der Waals surface area contributed by atoms with Gasteiger partial charge >= 0.3 is 11.4 Å². The topological polar surface area (TPSA) is 72.5 Å². The van der Waals surface area contributed by atoms with Gasteiger partial charge in [-0.05, 0) is 24.3 Å². The number of nitrogen functional groups attached to an aromatic ring is 1. The van der Waals surface area contributed by atoms with Gasteiger partial charge in [-0.2, -0.15) is 4.21 Å². The highest BCUT2D eigenvalue weighted by Crippen LogP contribution is 2.36. The Balaban J connectivity index is 2.29. The van der Waals surface area contributed by atoms with Crippen LogP contribution in [0.5, 0.6) is 5.75 Å². The SMILES string of the molecule is Nc1ccc(Sc2ccccc2)c(OS(=O)O)c1. The predicted octanol–water partition coefficient (Wildman–Crippen LogP) is 2.94. The van der Waals surface area contributed by atoms with Crippen LogP contribution in [0.15, 0.2) is 58.3 Å². The van der Waals surface area contributed by atoms with E-state index in [0.29, 0.717) is 11.4 Å². The van der Waals surface area contributed by atoms with E-state index in [9.17, 15) is 4.21 Å². The Morgan fingerprint density at radius 1 is 1.17 bits per heavy atom. The summed E-state index contributed by atoms with van der Waals surface area (Å²) in [4.78, 5) is 1.74. The van der Waals surface area contributed by atoms with Crippen LogP contribution in [-0.4, -0.2) is 8.76 Å². The lowest BCUT2D eigenvalue weighted by atomic mass is 10.3. The zero-order chi connectivity index (χ0) is 13.0. The lowest BCUT2D eigenvalue weighted by Gasteiger charge is -2.08. The highest BCUT2D eigenvalue weighted by Gasteiger charge is 2.09. The van der Waals surface area contributed by atoms with Crippen molar-refractivity contribution in [2.24, 2.45) is 0 Å². The van der Waals surface area contributed by atoms with Gasteiger partial charge in [0.05, 0.1) is 4.90 Å². The molecule has 0 saturated heterocycles. The van der Waals surface area contributed by atoms with Crippen molar-refractivity contribution in [2.75, 3.05) is 5.73 Å². The zero-order valence-electron chi connectivity index (χ0n) is 9.28. The van der Waals surface area contributed by atoms with E-state index in [1.807, 2.05) is 30.3 Å². The Morgan fingerprint density at radius 2 is 1.89 bits per heavy atom. The summed E-state index contributed by atoms with van der Waals surface area (Å²) in [5.41, 5.74) is 6.11. The van der Waals surface area contributed by atoms with Crippen LogP contribution in [0, 0.1) is 0 Å². The maximum atomic E-state index is 10.7. The summed E-state index contributed by atoms with van der Waals surface area (Å²) in [6.07, 6.45) is 0. The van der Waals surface area contributed by atoms with Gasteiger partial charge in [0.15, 0.2) is 5.75 Å².